The second-order valence-electron chi connectivity index (χ2n) is 10.6. The van der Waals surface area contributed by atoms with Crippen molar-refractivity contribution in [1.82, 2.24) is 15.1 Å². The van der Waals surface area contributed by atoms with Gasteiger partial charge in [-0.1, -0.05) is 48.5 Å². The van der Waals surface area contributed by atoms with Crippen molar-refractivity contribution in [2.75, 3.05) is 32.9 Å². The zero-order valence-electron chi connectivity index (χ0n) is 24.8. The normalized spacial score (nSPS) is 27.3. The molecule has 2 saturated heterocycles. The minimum atomic E-state index is -5.63. The van der Waals surface area contributed by atoms with Crippen LogP contribution in [0.3, 0.4) is 0 Å². The van der Waals surface area contributed by atoms with Crippen LogP contribution in [0.15, 0.2) is 72.9 Å². The summed E-state index contributed by atoms with van der Waals surface area (Å²) in [5.41, 5.74) is 0.498. The number of rotatable bonds is 13. The number of benzene rings is 2. The molecule has 256 valence electrons. The number of carbonyl (C=O) groups is 2. The Labute approximate surface area is 269 Å². The van der Waals surface area contributed by atoms with Crippen molar-refractivity contribution in [3.63, 3.8) is 0 Å². The Morgan fingerprint density at radius 2 is 1.60 bits per heavy atom. The first-order valence-electron chi connectivity index (χ1n) is 14.4. The number of amides is 2. The fourth-order valence-corrected chi connectivity index (χ4v) is 9.20. The van der Waals surface area contributed by atoms with Crippen LogP contribution in [0.1, 0.15) is 22.3 Å². The summed E-state index contributed by atoms with van der Waals surface area (Å²) >= 11 is 0. The third-order valence-corrected chi connectivity index (χ3v) is 11.9. The fourth-order valence-electron chi connectivity index (χ4n) is 5.05. The number of hydrogen-bond acceptors (Lipinski definition) is 12. The molecule has 47 heavy (non-hydrogen) atoms. The molecule has 2 aromatic carbocycles. The largest absolute Gasteiger partial charge is 0.488 e. The molecule has 2 amide bonds. The lowest BCUT2D eigenvalue weighted by Gasteiger charge is -2.38. The Morgan fingerprint density at radius 3 is 2.26 bits per heavy atom. The molecule has 0 spiro atoms. The van der Waals surface area contributed by atoms with E-state index in [1.54, 1.807) is 42.5 Å². The topological polar surface area (TPSA) is 220 Å². The van der Waals surface area contributed by atoms with Crippen LogP contribution in [0.25, 0.3) is 0 Å². The summed E-state index contributed by atoms with van der Waals surface area (Å²) < 4.78 is 67.9. The van der Waals surface area contributed by atoms with Crippen LogP contribution in [0.2, 0.25) is 0 Å². The third-order valence-electron chi connectivity index (χ3n) is 7.20. The smallest absolute Gasteiger partial charge is 0.456 e. The van der Waals surface area contributed by atoms with E-state index in [9.17, 15) is 38.0 Å². The quantitative estimate of drug-likeness (QED) is 0.173. The first-order valence-corrected chi connectivity index (χ1v) is 19.1. The van der Waals surface area contributed by atoms with E-state index in [-0.39, 0.29) is 18.2 Å². The number of phosphoric acid groups is 2. The average molecular weight is 717 g/mol. The van der Waals surface area contributed by atoms with Gasteiger partial charge in [-0.2, -0.15) is 4.31 Å². The molecular formula is C27H34N3O14P3. The fraction of sp³-hybridized carbons (Fsp3) is 0.407. The SMILES string of the molecule is O=C(O[C@@H]1C[C@H](N2C=CC(N3CCOCC3)NC2=O)O[C@@H]1COP(=O)(O)OP(=O)(O)OP(=O)(O)Cc1ccccc1)c1ccccc1. The predicted octanol–water partition coefficient (Wildman–Crippen LogP) is 3.16. The van der Waals surface area contributed by atoms with E-state index in [2.05, 4.69) is 13.9 Å². The highest BCUT2D eigenvalue weighted by Crippen LogP contribution is 2.68. The van der Waals surface area contributed by atoms with Gasteiger partial charge < -0.3 is 34.2 Å². The third kappa shape index (κ3) is 10.1. The highest BCUT2D eigenvalue weighted by Gasteiger charge is 2.46. The van der Waals surface area contributed by atoms with Gasteiger partial charge in [0.15, 0.2) is 0 Å². The van der Waals surface area contributed by atoms with Crippen LogP contribution in [-0.2, 0) is 47.2 Å². The number of nitrogens with zero attached hydrogens (tertiary/aromatic N) is 2. The summed E-state index contributed by atoms with van der Waals surface area (Å²) in [5.74, 6) is -0.746. The summed E-state index contributed by atoms with van der Waals surface area (Å²) in [5, 5.41) is 2.86. The van der Waals surface area contributed by atoms with Gasteiger partial charge in [-0.25, -0.2) is 23.0 Å². The van der Waals surface area contributed by atoms with Crippen LogP contribution in [0.4, 0.5) is 4.79 Å². The second kappa shape index (κ2) is 15.2. The number of carbonyl (C=O) groups excluding carboxylic acids is 2. The molecule has 0 bridgehead atoms. The van der Waals surface area contributed by atoms with Crippen molar-refractivity contribution in [3.8, 4) is 0 Å². The molecule has 2 aromatic rings. The summed E-state index contributed by atoms with van der Waals surface area (Å²) in [6.45, 7) is 1.45. The Morgan fingerprint density at radius 1 is 0.936 bits per heavy atom. The van der Waals surface area contributed by atoms with E-state index < -0.39 is 66.4 Å². The van der Waals surface area contributed by atoms with E-state index in [0.717, 1.165) is 0 Å². The van der Waals surface area contributed by atoms with E-state index >= 15 is 0 Å². The number of urea groups is 1. The van der Waals surface area contributed by atoms with Gasteiger partial charge >= 0.3 is 35.2 Å². The van der Waals surface area contributed by atoms with Gasteiger partial charge in [0.2, 0.25) is 0 Å². The Balaban J connectivity index is 1.24. The molecule has 4 unspecified atom stereocenters. The minimum Gasteiger partial charge on any atom is -0.456 e. The maximum atomic E-state index is 13.1. The lowest BCUT2D eigenvalue weighted by atomic mass is 10.1. The Kier molecular flexibility index (Phi) is 11.5. The summed E-state index contributed by atoms with van der Waals surface area (Å²) in [6, 6.07) is 15.2. The van der Waals surface area contributed by atoms with E-state index in [0.29, 0.717) is 31.9 Å². The van der Waals surface area contributed by atoms with Crippen molar-refractivity contribution in [1.29, 1.82) is 0 Å². The standard InChI is InChI=1S/C27H34N3O14P3/c31-26(21-9-5-2-6-10-21)42-22-17-25(30-12-11-24(28-27(30)32)29-13-15-39-16-14-29)41-23(22)18-40-46(35,36)44-47(37,38)43-45(33,34)19-20-7-3-1-4-8-20/h1-12,22-25H,13-19H2,(H,28,32)(H,33,34)(H,35,36)(H,37,38)/t22-,23-,24?,25-/m1/s1. The summed E-state index contributed by atoms with van der Waals surface area (Å²) in [7, 11) is -15.9. The average Bonchev–Trinajstić information content (AvgIpc) is 3.42. The number of ether oxygens (including phenoxy) is 3. The highest BCUT2D eigenvalue weighted by molar-refractivity contribution is 7.68. The number of esters is 1. The molecule has 5 rings (SSSR count). The van der Waals surface area contributed by atoms with Gasteiger partial charge in [-0.05, 0) is 23.8 Å². The number of phosphoric ester groups is 1. The van der Waals surface area contributed by atoms with Gasteiger partial charge in [-0.15, -0.1) is 0 Å². The highest BCUT2D eigenvalue weighted by atomic mass is 31.3. The molecule has 0 saturated carbocycles. The van der Waals surface area contributed by atoms with E-state index in [1.165, 1.54) is 35.4 Å². The Hall–Kier alpha value is -2.75. The first-order chi connectivity index (χ1) is 22.3. The van der Waals surface area contributed by atoms with Crippen molar-refractivity contribution < 1.29 is 65.3 Å². The van der Waals surface area contributed by atoms with E-state index in [1.807, 2.05) is 4.90 Å². The molecule has 3 heterocycles. The molecule has 3 aliphatic heterocycles. The molecule has 0 aliphatic carbocycles. The van der Waals surface area contributed by atoms with Crippen molar-refractivity contribution in [3.05, 3.63) is 84.1 Å². The van der Waals surface area contributed by atoms with Crippen LogP contribution in [-0.4, -0.2) is 94.0 Å². The molecule has 20 heteroatoms. The lowest BCUT2D eigenvalue weighted by Crippen LogP contribution is -2.57. The molecule has 4 N–H and O–H groups in total. The molecule has 0 radical (unpaired) electrons. The second-order valence-corrected chi connectivity index (χ2v) is 15.7. The molecule has 7 atom stereocenters. The van der Waals surface area contributed by atoms with Gasteiger partial charge in [0.25, 0.3) is 0 Å². The maximum absolute atomic E-state index is 13.1. The van der Waals surface area contributed by atoms with Crippen LogP contribution < -0.4 is 5.32 Å². The number of hydrogen-bond donors (Lipinski definition) is 4. The van der Waals surface area contributed by atoms with Gasteiger partial charge in [0.05, 0.1) is 31.5 Å². The zero-order valence-corrected chi connectivity index (χ0v) is 27.4. The summed E-state index contributed by atoms with van der Waals surface area (Å²) in [6.07, 6.45) is -1.27. The Bertz CT molecular complexity index is 1580. The monoisotopic (exact) mass is 717 g/mol. The molecule has 0 aromatic heterocycles. The maximum Gasteiger partial charge on any atom is 0.488 e. The van der Waals surface area contributed by atoms with Crippen LogP contribution in [0, 0.1) is 0 Å². The van der Waals surface area contributed by atoms with Gasteiger partial charge in [0, 0.05) is 25.7 Å². The lowest BCUT2D eigenvalue weighted by molar-refractivity contribution is -0.0592. The number of nitrogens with one attached hydrogen (secondary N) is 1. The molecule has 2 fully saturated rings. The van der Waals surface area contributed by atoms with Crippen molar-refractivity contribution in [2.24, 2.45) is 0 Å². The minimum absolute atomic E-state index is 0.0715. The molecular weight excluding hydrogens is 683 g/mol. The first kappa shape index (κ1) is 35.6. The molecule has 3 aliphatic rings. The molecule has 17 nitrogen and oxygen atoms in total. The van der Waals surface area contributed by atoms with Crippen LogP contribution >= 0.6 is 23.2 Å². The summed E-state index contributed by atoms with van der Waals surface area (Å²) in [4.78, 5) is 59.5. The van der Waals surface area contributed by atoms with Crippen LogP contribution in [0.5, 0.6) is 0 Å². The van der Waals surface area contributed by atoms with Gasteiger partial charge in [-0.3, -0.25) is 18.9 Å². The predicted molar refractivity (Wildman–Crippen MR) is 162 cm³/mol. The zero-order chi connectivity index (χ0) is 33.7. The van der Waals surface area contributed by atoms with Crippen molar-refractivity contribution in [2.45, 2.75) is 37.2 Å². The van der Waals surface area contributed by atoms with Crippen molar-refractivity contribution >= 4 is 35.2 Å². The van der Waals surface area contributed by atoms with E-state index in [4.69, 9.17) is 18.7 Å². The van der Waals surface area contributed by atoms with Gasteiger partial charge in [0.1, 0.15) is 24.6 Å². The number of morpholine rings is 1.